The Balaban J connectivity index is 1.43. The lowest BCUT2D eigenvalue weighted by Gasteiger charge is -2.23. The molecule has 0 aromatic heterocycles. The number of nitrogens with zero attached hydrogens (tertiary/aromatic N) is 1. The molecule has 2 bridgehead atoms. The maximum absolute atomic E-state index is 13.2. The minimum atomic E-state index is -0.599. The molecule has 140 valence electrons. The van der Waals surface area contributed by atoms with Crippen LogP contribution >= 0.6 is 0 Å². The van der Waals surface area contributed by atoms with Gasteiger partial charge in [-0.3, -0.25) is 19.8 Å². The number of hydrogen-bond acceptors (Lipinski definition) is 3. The van der Waals surface area contributed by atoms with Crippen LogP contribution in [0.25, 0.3) is 0 Å². The highest BCUT2D eigenvalue weighted by Gasteiger charge is 2.60. The summed E-state index contributed by atoms with van der Waals surface area (Å²) in [7, 11) is 0. The second kappa shape index (κ2) is 6.44. The molecule has 5 rings (SSSR count). The first kappa shape index (κ1) is 16.9. The highest BCUT2D eigenvalue weighted by molar-refractivity contribution is 6.07. The second-order valence-corrected chi connectivity index (χ2v) is 7.74. The van der Waals surface area contributed by atoms with E-state index in [0.29, 0.717) is 0 Å². The first-order valence-electron chi connectivity index (χ1n) is 9.61. The van der Waals surface area contributed by atoms with Gasteiger partial charge in [0.05, 0.1) is 17.8 Å². The number of fused-ring (bicyclic) bond motifs is 5. The van der Waals surface area contributed by atoms with E-state index in [9.17, 15) is 14.4 Å². The van der Waals surface area contributed by atoms with Crippen molar-refractivity contribution in [1.82, 2.24) is 10.4 Å². The SMILES string of the molecule is O=C(NN1C(=O)C2C3C=CC(C3)C2C1=O)C(c1ccccc1)c1ccccc1. The van der Waals surface area contributed by atoms with E-state index in [0.717, 1.165) is 22.6 Å². The molecule has 5 heteroatoms. The molecule has 1 N–H and O–H groups in total. The number of nitrogens with one attached hydrogen (secondary N) is 1. The smallest absolute Gasteiger partial charge is 0.252 e. The molecule has 2 fully saturated rings. The second-order valence-electron chi connectivity index (χ2n) is 7.74. The number of hydrogen-bond donors (Lipinski definition) is 1. The number of hydrazine groups is 1. The number of carbonyl (C=O) groups excluding carboxylic acids is 3. The predicted octanol–water partition coefficient (Wildman–Crippen LogP) is 2.66. The third-order valence-corrected chi connectivity index (χ3v) is 6.22. The zero-order chi connectivity index (χ0) is 19.3. The molecule has 4 unspecified atom stereocenters. The van der Waals surface area contributed by atoms with E-state index in [1.165, 1.54) is 0 Å². The fourth-order valence-corrected chi connectivity index (χ4v) is 4.97. The molecule has 2 aromatic rings. The van der Waals surface area contributed by atoms with E-state index >= 15 is 0 Å². The first-order valence-corrected chi connectivity index (χ1v) is 9.61. The molecule has 0 spiro atoms. The predicted molar refractivity (Wildman–Crippen MR) is 102 cm³/mol. The lowest BCUT2D eigenvalue weighted by molar-refractivity contribution is -0.150. The molecular formula is C23H20N2O3. The van der Waals surface area contributed by atoms with E-state index in [-0.39, 0.29) is 41.4 Å². The molecule has 3 aliphatic rings. The fraction of sp³-hybridized carbons (Fsp3) is 0.261. The molecule has 0 radical (unpaired) electrons. The van der Waals surface area contributed by atoms with Crippen molar-refractivity contribution in [3.63, 3.8) is 0 Å². The van der Waals surface area contributed by atoms with Crippen molar-refractivity contribution in [2.24, 2.45) is 23.7 Å². The van der Waals surface area contributed by atoms with Gasteiger partial charge < -0.3 is 0 Å². The van der Waals surface area contributed by atoms with Gasteiger partial charge in [0.1, 0.15) is 0 Å². The van der Waals surface area contributed by atoms with Crippen LogP contribution in [0.15, 0.2) is 72.8 Å². The molecule has 3 amide bonds. The Morgan fingerprint density at radius 2 is 1.29 bits per heavy atom. The summed E-state index contributed by atoms with van der Waals surface area (Å²) in [5, 5.41) is 0.975. The van der Waals surface area contributed by atoms with Crippen molar-refractivity contribution in [3.8, 4) is 0 Å². The summed E-state index contributed by atoms with van der Waals surface area (Å²) in [5.41, 5.74) is 4.26. The van der Waals surface area contributed by atoms with Gasteiger partial charge in [0.2, 0.25) is 0 Å². The van der Waals surface area contributed by atoms with Gasteiger partial charge in [0.25, 0.3) is 17.7 Å². The lowest BCUT2D eigenvalue weighted by Crippen LogP contribution is -2.49. The van der Waals surface area contributed by atoms with Gasteiger partial charge in [0.15, 0.2) is 0 Å². The molecule has 1 aliphatic heterocycles. The number of amides is 3. The van der Waals surface area contributed by atoms with Crippen LogP contribution in [-0.4, -0.2) is 22.7 Å². The Kier molecular flexibility index (Phi) is 3.90. The van der Waals surface area contributed by atoms with Crippen molar-refractivity contribution in [3.05, 3.63) is 83.9 Å². The number of carbonyl (C=O) groups is 3. The van der Waals surface area contributed by atoms with Gasteiger partial charge in [0, 0.05) is 0 Å². The number of benzene rings is 2. The van der Waals surface area contributed by atoms with Crippen LogP contribution in [0.1, 0.15) is 23.5 Å². The Morgan fingerprint density at radius 1 is 0.821 bits per heavy atom. The molecule has 1 heterocycles. The highest BCUT2D eigenvalue weighted by atomic mass is 16.2. The Hall–Kier alpha value is -3.21. The topological polar surface area (TPSA) is 66.5 Å². The van der Waals surface area contributed by atoms with Crippen molar-refractivity contribution >= 4 is 17.7 Å². The summed E-state index contributed by atoms with van der Waals surface area (Å²) in [6.45, 7) is 0. The molecule has 5 nitrogen and oxygen atoms in total. The van der Waals surface area contributed by atoms with E-state index < -0.39 is 5.92 Å². The normalized spacial score (nSPS) is 27.5. The van der Waals surface area contributed by atoms with Crippen LogP contribution in [0.5, 0.6) is 0 Å². The fourth-order valence-electron chi connectivity index (χ4n) is 4.97. The molecular weight excluding hydrogens is 352 g/mol. The Morgan fingerprint density at radius 3 is 1.75 bits per heavy atom. The highest BCUT2D eigenvalue weighted by Crippen LogP contribution is 2.52. The lowest BCUT2D eigenvalue weighted by atomic mass is 9.85. The average molecular weight is 372 g/mol. The third-order valence-electron chi connectivity index (χ3n) is 6.22. The molecule has 28 heavy (non-hydrogen) atoms. The van der Waals surface area contributed by atoms with Crippen molar-refractivity contribution in [2.45, 2.75) is 12.3 Å². The Bertz CT molecular complexity index is 900. The summed E-state index contributed by atoms with van der Waals surface area (Å²) in [6.07, 6.45) is 4.95. The van der Waals surface area contributed by atoms with Gasteiger partial charge in [-0.1, -0.05) is 72.8 Å². The van der Waals surface area contributed by atoms with Crippen LogP contribution in [-0.2, 0) is 14.4 Å². The van der Waals surface area contributed by atoms with Crippen LogP contribution < -0.4 is 5.43 Å². The molecule has 2 aliphatic carbocycles. The minimum Gasteiger partial charge on any atom is -0.272 e. The van der Waals surface area contributed by atoms with Gasteiger partial charge in [-0.15, -0.1) is 0 Å². The quantitative estimate of drug-likeness (QED) is 0.663. The Labute approximate surface area is 163 Å². The summed E-state index contributed by atoms with van der Waals surface area (Å²) in [5.74, 6) is -1.94. The summed E-state index contributed by atoms with van der Waals surface area (Å²) < 4.78 is 0. The zero-order valence-electron chi connectivity index (χ0n) is 15.2. The van der Waals surface area contributed by atoms with E-state index in [2.05, 4.69) is 5.43 Å². The largest absolute Gasteiger partial charge is 0.272 e. The van der Waals surface area contributed by atoms with Crippen LogP contribution in [0.2, 0.25) is 0 Å². The van der Waals surface area contributed by atoms with Crippen molar-refractivity contribution in [2.75, 3.05) is 0 Å². The van der Waals surface area contributed by atoms with Crippen molar-refractivity contribution in [1.29, 1.82) is 0 Å². The minimum absolute atomic E-state index is 0.118. The van der Waals surface area contributed by atoms with E-state index in [1.54, 1.807) is 0 Å². The number of rotatable bonds is 4. The molecule has 1 saturated heterocycles. The monoisotopic (exact) mass is 372 g/mol. The summed E-state index contributed by atoms with van der Waals surface area (Å²) >= 11 is 0. The average Bonchev–Trinajstić information content (AvgIpc) is 3.40. The van der Waals surface area contributed by atoms with Gasteiger partial charge >= 0.3 is 0 Å². The third kappa shape index (κ3) is 2.50. The van der Waals surface area contributed by atoms with Gasteiger partial charge in [-0.05, 0) is 29.4 Å². The zero-order valence-corrected chi connectivity index (χ0v) is 15.2. The maximum Gasteiger partial charge on any atom is 0.252 e. The van der Waals surface area contributed by atoms with Gasteiger partial charge in [-0.25, -0.2) is 0 Å². The van der Waals surface area contributed by atoms with Crippen LogP contribution in [0, 0.1) is 23.7 Å². The number of imide groups is 1. The first-order chi connectivity index (χ1) is 13.6. The standard InChI is InChI=1S/C23H20N2O3/c26-21(18(14-7-3-1-4-8-14)15-9-5-2-6-10-15)24-25-22(27)19-16-11-12-17(13-16)20(19)23(25)28/h1-12,16-20H,13H2,(H,24,26). The number of allylic oxidation sites excluding steroid dienone is 2. The molecule has 1 saturated carbocycles. The summed E-state index contributed by atoms with van der Waals surface area (Å²) in [4.78, 5) is 39.0. The molecule has 2 aromatic carbocycles. The van der Waals surface area contributed by atoms with Crippen LogP contribution in [0.4, 0.5) is 0 Å². The van der Waals surface area contributed by atoms with E-state index in [1.807, 2.05) is 72.8 Å². The summed E-state index contributed by atoms with van der Waals surface area (Å²) in [6, 6.07) is 18.8. The maximum atomic E-state index is 13.2. The van der Waals surface area contributed by atoms with Crippen molar-refractivity contribution < 1.29 is 14.4 Å². The molecule has 4 atom stereocenters. The van der Waals surface area contributed by atoms with Gasteiger partial charge in [-0.2, -0.15) is 5.01 Å². The van der Waals surface area contributed by atoms with E-state index in [4.69, 9.17) is 0 Å². The van der Waals surface area contributed by atoms with Crippen LogP contribution in [0.3, 0.4) is 0 Å².